The summed E-state index contributed by atoms with van der Waals surface area (Å²) >= 11 is 0. The minimum absolute atomic E-state index is 0.0965. The molecule has 2 atom stereocenters. The van der Waals surface area contributed by atoms with Crippen molar-refractivity contribution in [2.45, 2.75) is 70.3 Å². The maximum atomic E-state index is 13.3. The average Bonchev–Trinajstić information content (AvgIpc) is 3.74. The molecule has 5 aliphatic heterocycles. The number of carbonyl (C=O) groups excluding carboxylic acids is 5. The molecule has 4 saturated heterocycles. The van der Waals surface area contributed by atoms with Gasteiger partial charge in [0.1, 0.15) is 6.04 Å². The third-order valence-electron chi connectivity index (χ3n) is 11.8. The number of piperidine rings is 3. The van der Waals surface area contributed by atoms with E-state index in [1.54, 1.807) is 12.1 Å². The summed E-state index contributed by atoms with van der Waals surface area (Å²) in [5, 5.41) is 5.56. The first-order valence-electron chi connectivity index (χ1n) is 19.3. The molecule has 0 aliphatic carbocycles. The van der Waals surface area contributed by atoms with Crippen molar-refractivity contribution in [1.29, 1.82) is 0 Å². The van der Waals surface area contributed by atoms with E-state index < -0.39 is 29.7 Å². The maximum Gasteiger partial charge on any atom is 0.271 e. The predicted molar refractivity (Wildman–Crippen MR) is 203 cm³/mol. The lowest BCUT2D eigenvalue weighted by atomic mass is 9.89. The quantitative estimate of drug-likeness (QED) is 0.274. The number of anilines is 4. The molecule has 2 unspecified atom stereocenters. The number of hydrogen-bond acceptors (Lipinski definition) is 11. The van der Waals surface area contributed by atoms with Crippen LogP contribution < -0.4 is 26.2 Å². The number of rotatable bonds is 9. The van der Waals surface area contributed by atoms with Gasteiger partial charge in [0.05, 0.1) is 16.8 Å². The number of primary amides is 1. The molecule has 5 aliphatic rings. The fourth-order valence-electron chi connectivity index (χ4n) is 8.84. The lowest BCUT2D eigenvalue weighted by Crippen LogP contribution is -2.54. The Morgan fingerprint density at radius 2 is 1.59 bits per heavy atom. The van der Waals surface area contributed by atoms with E-state index in [4.69, 9.17) is 10.7 Å². The fourth-order valence-corrected chi connectivity index (χ4v) is 8.84. The van der Waals surface area contributed by atoms with Gasteiger partial charge < -0.3 is 25.8 Å². The summed E-state index contributed by atoms with van der Waals surface area (Å²) in [6.07, 6.45) is 6.87. The number of benzene rings is 2. The summed E-state index contributed by atoms with van der Waals surface area (Å²) in [5.74, 6) is -0.416. The molecule has 282 valence electrons. The van der Waals surface area contributed by atoms with Gasteiger partial charge in [0.15, 0.2) is 17.3 Å². The number of carbonyl (C=O) groups is 5. The van der Waals surface area contributed by atoms with E-state index in [2.05, 4.69) is 42.5 Å². The third-order valence-corrected chi connectivity index (χ3v) is 11.8. The number of likely N-dealkylation sites (tertiary alicyclic amines) is 1. The van der Waals surface area contributed by atoms with Crippen LogP contribution in [0.15, 0.2) is 42.5 Å². The van der Waals surface area contributed by atoms with Crippen molar-refractivity contribution in [2.24, 2.45) is 11.7 Å². The van der Waals surface area contributed by atoms with Crippen LogP contribution in [0.2, 0.25) is 0 Å². The first-order chi connectivity index (χ1) is 26.1. The Bertz CT molecular complexity index is 1990. The van der Waals surface area contributed by atoms with Gasteiger partial charge in [-0.15, -0.1) is 0 Å². The van der Waals surface area contributed by atoms with Crippen LogP contribution in [0, 0.1) is 12.8 Å². The highest BCUT2D eigenvalue weighted by Gasteiger charge is 2.45. The molecular formula is C40H47N9O5. The second kappa shape index (κ2) is 14.8. The van der Waals surface area contributed by atoms with Crippen molar-refractivity contribution < 1.29 is 24.0 Å². The lowest BCUT2D eigenvalue weighted by Gasteiger charge is -2.34. The molecule has 6 heterocycles. The topological polar surface area (TPSA) is 174 Å². The van der Waals surface area contributed by atoms with Crippen molar-refractivity contribution in [3.63, 3.8) is 0 Å². The number of imide groups is 2. The number of aryl methyl sites for hydroxylation is 1. The van der Waals surface area contributed by atoms with Gasteiger partial charge in [-0.1, -0.05) is 12.1 Å². The summed E-state index contributed by atoms with van der Waals surface area (Å²) in [7, 11) is 0. The Morgan fingerprint density at radius 1 is 0.852 bits per heavy atom. The van der Waals surface area contributed by atoms with E-state index in [1.807, 2.05) is 25.1 Å². The molecule has 0 spiro atoms. The number of hydrogen-bond donors (Lipinski definition) is 3. The van der Waals surface area contributed by atoms with Crippen molar-refractivity contribution in [3.8, 4) is 0 Å². The summed E-state index contributed by atoms with van der Waals surface area (Å²) in [6.45, 7) is 8.52. The minimum Gasteiger partial charge on any atom is -0.371 e. The van der Waals surface area contributed by atoms with Crippen molar-refractivity contribution in [2.75, 3.05) is 60.9 Å². The number of nitrogens with two attached hydrogens (primary N) is 1. The highest BCUT2D eigenvalue weighted by atomic mass is 16.2. The van der Waals surface area contributed by atoms with Crippen molar-refractivity contribution in [1.82, 2.24) is 25.1 Å². The van der Waals surface area contributed by atoms with Gasteiger partial charge >= 0.3 is 0 Å². The van der Waals surface area contributed by atoms with E-state index in [-0.39, 0.29) is 24.4 Å². The van der Waals surface area contributed by atoms with Crippen LogP contribution >= 0.6 is 0 Å². The molecular weight excluding hydrogens is 686 g/mol. The smallest absolute Gasteiger partial charge is 0.271 e. The molecule has 14 nitrogen and oxygen atoms in total. The van der Waals surface area contributed by atoms with E-state index >= 15 is 0 Å². The zero-order valence-corrected chi connectivity index (χ0v) is 30.7. The molecule has 54 heavy (non-hydrogen) atoms. The molecule has 5 amide bonds. The lowest BCUT2D eigenvalue weighted by molar-refractivity contribution is -0.136. The Morgan fingerprint density at radius 3 is 2.31 bits per heavy atom. The molecule has 1 aromatic heterocycles. The summed E-state index contributed by atoms with van der Waals surface area (Å²) in [6, 6.07) is 12.8. The number of nitrogens with zero attached hydrogens (tertiary/aromatic N) is 6. The maximum absolute atomic E-state index is 13.3. The molecule has 3 aromatic rings. The van der Waals surface area contributed by atoms with Crippen LogP contribution in [0.25, 0.3) is 0 Å². The molecule has 8 rings (SSSR count). The van der Waals surface area contributed by atoms with Crippen LogP contribution in [0.4, 0.5) is 23.0 Å². The fraction of sp³-hybridized carbons (Fsp3) is 0.475. The van der Waals surface area contributed by atoms with Gasteiger partial charge in [0, 0.05) is 50.5 Å². The first kappa shape index (κ1) is 35.6. The predicted octanol–water partition coefficient (Wildman–Crippen LogP) is 3.72. The van der Waals surface area contributed by atoms with E-state index in [9.17, 15) is 24.0 Å². The molecule has 0 radical (unpaired) electrons. The van der Waals surface area contributed by atoms with E-state index in [0.29, 0.717) is 34.5 Å². The van der Waals surface area contributed by atoms with Crippen LogP contribution in [0.3, 0.4) is 0 Å². The first-order valence-corrected chi connectivity index (χ1v) is 19.3. The highest BCUT2D eigenvalue weighted by Crippen LogP contribution is 2.35. The molecule has 4 fully saturated rings. The zero-order valence-electron chi connectivity index (χ0n) is 30.7. The number of amides is 5. The third kappa shape index (κ3) is 7.02. The molecule has 4 N–H and O–H groups in total. The number of aromatic nitrogens is 2. The molecule has 14 heteroatoms. The van der Waals surface area contributed by atoms with Crippen molar-refractivity contribution in [3.05, 3.63) is 70.5 Å². The molecule has 0 saturated carbocycles. The van der Waals surface area contributed by atoms with Crippen molar-refractivity contribution >= 4 is 52.5 Å². The van der Waals surface area contributed by atoms with Gasteiger partial charge in [-0.2, -0.15) is 0 Å². The van der Waals surface area contributed by atoms with E-state index in [0.717, 1.165) is 100 Å². The Kier molecular flexibility index (Phi) is 9.78. The van der Waals surface area contributed by atoms with Gasteiger partial charge in [-0.3, -0.25) is 34.2 Å². The second-order valence-corrected chi connectivity index (χ2v) is 15.3. The SMILES string of the molecule is Cc1nc(C(N)=O)c(Nc2ccc(C3CCN(CC4CCN(c5ccc6c(c5)C(=O)N(C5CCC(=O)NC5=O)C6=O)C4)CC3)cc2)nc1N1CCCCC1. The van der Waals surface area contributed by atoms with Gasteiger partial charge in [-0.25, -0.2) is 9.97 Å². The summed E-state index contributed by atoms with van der Waals surface area (Å²) in [5.41, 5.74) is 10.2. The Balaban J connectivity index is 0.841. The standard InChI is InChI=1S/C40H47N9O5/c1-24-37(47-16-3-2-4-17-47)45-36(34(42-24)35(41)51)43-28-7-5-26(6-8-28)27-14-18-46(19-15-27)22-25-13-20-48(23-25)29-9-10-30-31(21-29)40(54)49(39(30)53)32-11-12-33(50)44-38(32)52/h5-10,21,25,27,32H,2-4,11-20,22-23H2,1H3,(H2,41,51)(H,43,45)(H,44,50,52). The summed E-state index contributed by atoms with van der Waals surface area (Å²) in [4.78, 5) is 80.3. The average molecular weight is 734 g/mol. The van der Waals surface area contributed by atoms with E-state index in [1.165, 1.54) is 12.0 Å². The molecule has 2 aromatic carbocycles. The monoisotopic (exact) mass is 733 g/mol. The van der Waals surface area contributed by atoms with Crippen LogP contribution in [0.1, 0.15) is 99.7 Å². The van der Waals surface area contributed by atoms with Gasteiger partial charge in [0.25, 0.3) is 17.7 Å². The normalized spacial score (nSPS) is 22.5. The van der Waals surface area contributed by atoms with Gasteiger partial charge in [0.2, 0.25) is 11.8 Å². The minimum atomic E-state index is -0.967. The van der Waals surface area contributed by atoms with Crippen LogP contribution in [-0.2, 0) is 9.59 Å². The zero-order chi connectivity index (χ0) is 37.5. The Hall–Kier alpha value is -5.37. The molecule has 0 bridgehead atoms. The number of fused-ring (bicyclic) bond motifs is 1. The van der Waals surface area contributed by atoms with Gasteiger partial charge in [-0.05, 0) is 113 Å². The van der Waals surface area contributed by atoms with Crippen LogP contribution in [-0.4, -0.2) is 101 Å². The number of nitrogens with one attached hydrogen (secondary N) is 2. The van der Waals surface area contributed by atoms with Crippen LogP contribution in [0.5, 0.6) is 0 Å². The summed E-state index contributed by atoms with van der Waals surface area (Å²) < 4.78 is 0. The second-order valence-electron chi connectivity index (χ2n) is 15.3. The highest BCUT2D eigenvalue weighted by molar-refractivity contribution is 6.23. The largest absolute Gasteiger partial charge is 0.371 e. The Labute approximate surface area is 314 Å².